The maximum Gasteiger partial charge on any atom is 0.309 e. The Labute approximate surface area is 217 Å². The van der Waals surface area contributed by atoms with Crippen molar-refractivity contribution in [2.24, 2.45) is 5.92 Å². The third kappa shape index (κ3) is 5.63. The first-order chi connectivity index (χ1) is 17.4. The molecule has 1 fully saturated rings. The SMILES string of the molecule is CCOC(=O)C1CCN(C(c2ccc(OC)cc2)c2c(NC(=O)c3ccccc3)sc(C)c2C)CC1. The molecule has 2 aromatic carbocycles. The lowest BCUT2D eigenvalue weighted by Gasteiger charge is -2.38. The molecule has 7 heteroatoms. The summed E-state index contributed by atoms with van der Waals surface area (Å²) in [5.41, 5.74) is 4.04. The summed E-state index contributed by atoms with van der Waals surface area (Å²) < 4.78 is 10.7. The van der Waals surface area contributed by atoms with Crippen LogP contribution in [0.15, 0.2) is 54.6 Å². The zero-order valence-electron chi connectivity index (χ0n) is 21.4. The molecule has 0 radical (unpaired) electrons. The second-order valence-corrected chi connectivity index (χ2v) is 10.3. The van der Waals surface area contributed by atoms with Gasteiger partial charge in [0.25, 0.3) is 5.91 Å². The predicted molar refractivity (Wildman–Crippen MR) is 144 cm³/mol. The van der Waals surface area contributed by atoms with E-state index in [-0.39, 0.29) is 23.8 Å². The number of benzene rings is 2. The van der Waals surface area contributed by atoms with Gasteiger partial charge in [-0.1, -0.05) is 30.3 Å². The van der Waals surface area contributed by atoms with Gasteiger partial charge in [0.1, 0.15) is 10.8 Å². The van der Waals surface area contributed by atoms with Crippen molar-refractivity contribution in [3.8, 4) is 5.75 Å². The number of methoxy groups -OCH3 is 1. The average molecular weight is 507 g/mol. The molecule has 1 aliphatic heterocycles. The van der Waals surface area contributed by atoms with Gasteiger partial charge >= 0.3 is 5.97 Å². The molecule has 4 rings (SSSR count). The van der Waals surface area contributed by atoms with E-state index in [2.05, 4.69) is 36.2 Å². The van der Waals surface area contributed by atoms with Crippen LogP contribution in [0.25, 0.3) is 0 Å². The first-order valence-corrected chi connectivity index (χ1v) is 13.3. The molecule has 1 aromatic heterocycles. The third-order valence-corrected chi connectivity index (χ3v) is 8.05. The summed E-state index contributed by atoms with van der Waals surface area (Å²) in [6, 6.07) is 17.4. The van der Waals surface area contributed by atoms with E-state index < -0.39 is 0 Å². The van der Waals surface area contributed by atoms with Crippen LogP contribution in [-0.2, 0) is 9.53 Å². The number of anilines is 1. The molecule has 0 saturated carbocycles. The van der Waals surface area contributed by atoms with Crippen LogP contribution in [0.3, 0.4) is 0 Å². The van der Waals surface area contributed by atoms with Gasteiger partial charge in [-0.3, -0.25) is 14.5 Å². The van der Waals surface area contributed by atoms with E-state index in [1.54, 1.807) is 18.4 Å². The van der Waals surface area contributed by atoms with Gasteiger partial charge < -0.3 is 14.8 Å². The molecule has 190 valence electrons. The number of hydrogen-bond acceptors (Lipinski definition) is 6. The number of thiophene rings is 1. The molecule has 1 unspecified atom stereocenters. The van der Waals surface area contributed by atoms with Gasteiger partial charge in [0.15, 0.2) is 0 Å². The van der Waals surface area contributed by atoms with E-state index in [0.717, 1.165) is 47.8 Å². The number of carbonyl (C=O) groups excluding carboxylic acids is 2. The van der Waals surface area contributed by atoms with Crippen molar-refractivity contribution in [1.29, 1.82) is 0 Å². The fourth-order valence-corrected chi connectivity index (χ4v) is 5.92. The predicted octanol–water partition coefficient (Wildman–Crippen LogP) is 5.99. The molecule has 36 heavy (non-hydrogen) atoms. The number of likely N-dealkylation sites (tertiary alicyclic amines) is 1. The van der Waals surface area contributed by atoms with Gasteiger partial charge in [-0.2, -0.15) is 0 Å². The van der Waals surface area contributed by atoms with Crippen molar-refractivity contribution in [2.45, 2.75) is 39.7 Å². The zero-order valence-corrected chi connectivity index (χ0v) is 22.2. The van der Waals surface area contributed by atoms with Gasteiger partial charge in [0.05, 0.1) is 25.7 Å². The molecule has 1 aliphatic rings. The molecule has 1 N–H and O–H groups in total. The summed E-state index contributed by atoms with van der Waals surface area (Å²) in [6.07, 6.45) is 1.50. The molecule has 0 aliphatic carbocycles. The van der Waals surface area contributed by atoms with Crippen LogP contribution in [0.5, 0.6) is 5.75 Å². The fourth-order valence-electron chi connectivity index (χ4n) is 4.83. The highest BCUT2D eigenvalue weighted by atomic mass is 32.1. The number of esters is 1. The Morgan fingerprint density at radius 1 is 1.06 bits per heavy atom. The topological polar surface area (TPSA) is 67.9 Å². The zero-order chi connectivity index (χ0) is 25.7. The second kappa shape index (κ2) is 11.7. The highest BCUT2D eigenvalue weighted by Gasteiger charge is 2.34. The van der Waals surface area contributed by atoms with E-state index in [0.29, 0.717) is 12.2 Å². The number of nitrogens with zero attached hydrogens (tertiary/aromatic N) is 1. The van der Waals surface area contributed by atoms with Crippen molar-refractivity contribution in [3.63, 3.8) is 0 Å². The van der Waals surface area contributed by atoms with Crippen LogP contribution in [-0.4, -0.2) is 43.6 Å². The van der Waals surface area contributed by atoms with Gasteiger partial charge in [0, 0.05) is 16.0 Å². The number of aryl methyl sites for hydroxylation is 1. The molecule has 6 nitrogen and oxygen atoms in total. The van der Waals surface area contributed by atoms with Gasteiger partial charge in [-0.25, -0.2) is 0 Å². The van der Waals surface area contributed by atoms with E-state index in [4.69, 9.17) is 9.47 Å². The smallest absolute Gasteiger partial charge is 0.309 e. The molecule has 0 bridgehead atoms. The lowest BCUT2D eigenvalue weighted by atomic mass is 9.90. The molecule has 3 aromatic rings. The largest absolute Gasteiger partial charge is 0.497 e. The van der Waals surface area contributed by atoms with E-state index >= 15 is 0 Å². The summed E-state index contributed by atoms with van der Waals surface area (Å²) in [5.74, 6) is 0.513. The Kier molecular flexibility index (Phi) is 8.44. The minimum atomic E-state index is -0.118. The normalized spacial score (nSPS) is 15.3. The van der Waals surface area contributed by atoms with Gasteiger partial charge in [-0.05, 0) is 82.1 Å². The number of amides is 1. The summed E-state index contributed by atoms with van der Waals surface area (Å²) in [6.45, 7) is 8.01. The Hall–Kier alpha value is -3.16. The Balaban J connectivity index is 1.69. The average Bonchev–Trinajstić information content (AvgIpc) is 3.18. The van der Waals surface area contributed by atoms with Crippen molar-refractivity contribution in [3.05, 3.63) is 81.7 Å². The summed E-state index contributed by atoms with van der Waals surface area (Å²) >= 11 is 1.61. The standard InChI is InChI=1S/C29H34N2O4S/c1-5-35-29(33)23-15-17-31(18-16-23)26(21-11-13-24(34-4)14-12-21)25-19(2)20(3)36-28(25)30-27(32)22-9-7-6-8-10-22/h6-14,23,26H,5,15-18H2,1-4H3,(H,30,32). The molecule has 1 amide bonds. The summed E-state index contributed by atoms with van der Waals surface area (Å²) in [7, 11) is 1.66. The van der Waals surface area contributed by atoms with Crippen LogP contribution in [0, 0.1) is 19.8 Å². The number of carbonyl (C=O) groups is 2. The fraction of sp³-hybridized carbons (Fsp3) is 0.379. The van der Waals surface area contributed by atoms with Crippen molar-refractivity contribution >= 4 is 28.2 Å². The lowest BCUT2D eigenvalue weighted by Crippen LogP contribution is -2.40. The highest BCUT2D eigenvalue weighted by Crippen LogP contribution is 2.43. The number of rotatable bonds is 8. The number of piperidine rings is 1. The Morgan fingerprint density at radius 3 is 2.33 bits per heavy atom. The molecular formula is C29H34N2O4S. The maximum atomic E-state index is 13.1. The molecule has 0 spiro atoms. The van der Waals surface area contributed by atoms with Crippen LogP contribution in [0.2, 0.25) is 0 Å². The van der Waals surface area contributed by atoms with Gasteiger partial charge in [-0.15, -0.1) is 11.3 Å². The Bertz CT molecular complexity index is 1180. The molecule has 2 heterocycles. The van der Waals surface area contributed by atoms with Crippen molar-refractivity contribution in [2.75, 3.05) is 32.1 Å². The van der Waals surface area contributed by atoms with Crippen molar-refractivity contribution in [1.82, 2.24) is 4.90 Å². The van der Waals surface area contributed by atoms with Crippen LogP contribution < -0.4 is 10.1 Å². The quantitative estimate of drug-likeness (QED) is 0.380. The third-order valence-electron chi connectivity index (χ3n) is 6.91. The number of nitrogens with one attached hydrogen (secondary N) is 1. The Morgan fingerprint density at radius 2 is 1.72 bits per heavy atom. The first-order valence-electron chi connectivity index (χ1n) is 12.4. The highest BCUT2D eigenvalue weighted by molar-refractivity contribution is 7.16. The van der Waals surface area contributed by atoms with E-state index in [1.165, 1.54) is 10.4 Å². The van der Waals surface area contributed by atoms with Crippen LogP contribution >= 0.6 is 11.3 Å². The minimum absolute atomic E-state index is 0.0601. The van der Waals surface area contributed by atoms with Crippen molar-refractivity contribution < 1.29 is 19.1 Å². The number of ether oxygens (including phenoxy) is 2. The van der Waals surface area contributed by atoms with Gasteiger partial charge in [0.2, 0.25) is 0 Å². The summed E-state index contributed by atoms with van der Waals surface area (Å²) in [5, 5.41) is 4.07. The lowest BCUT2D eigenvalue weighted by molar-refractivity contribution is -0.149. The molecule has 1 saturated heterocycles. The minimum Gasteiger partial charge on any atom is -0.497 e. The van der Waals surface area contributed by atoms with E-state index in [1.807, 2.05) is 49.4 Å². The molecule has 1 atom stereocenters. The second-order valence-electron chi connectivity index (χ2n) is 9.08. The van der Waals surface area contributed by atoms with E-state index in [9.17, 15) is 9.59 Å². The maximum absolute atomic E-state index is 13.1. The first kappa shape index (κ1) is 25.9. The van der Waals surface area contributed by atoms with Crippen LogP contribution in [0.1, 0.15) is 57.7 Å². The summed E-state index contributed by atoms with van der Waals surface area (Å²) in [4.78, 5) is 29.0. The molecular weight excluding hydrogens is 472 g/mol. The monoisotopic (exact) mass is 506 g/mol. The van der Waals surface area contributed by atoms with Crippen LogP contribution in [0.4, 0.5) is 5.00 Å². The number of hydrogen-bond donors (Lipinski definition) is 1.